The fraction of sp³-hybridized carbons (Fsp3) is 0.321. The van der Waals surface area contributed by atoms with Crippen LogP contribution in [0.4, 0.5) is 0 Å². The summed E-state index contributed by atoms with van der Waals surface area (Å²) in [6, 6.07) is 25.0. The Morgan fingerprint density at radius 1 is 0.857 bits per heavy atom. The zero-order valence-corrected chi connectivity index (χ0v) is 20.6. The molecule has 0 saturated carbocycles. The largest absolute Gasteiger partial charge is 0.493 e. The van der Waals surface area contributed by atoms with E-state index >= 15 is 0 Å². The van der Waals surface area contributed by atoms with Crippen LogP contribution in [0.15, 0.2) is 78.9 Å². The van der Waals surface area contributed by atoms with Crippen LogP contribution in [0.1, 0.15) is 11.1 Å². The number of hydrogen-bond acceptors (Lipinski definition) is 6. The van der Waals surface area contributed by atoms with Crippen LogP contribution in [0.3, 0.4) is 0 Å². The van der Waals surface area contributed by atoms with Gasteiger partial charge in [-0.15, -0.1) is 0 Å². The molecule has 0 heterocycles. The maximum Gasteiger partial charge on any atom is 0.262 e. The van der Waals surface area contributed by atoms with Crippen molar-refractivity contribution in [3.8, 4) is 17.2 Å². The lowest BCUT2D eigenvalue weighted by atomic mass is 10.1. The van der Waals surface area contributed by atoms with Gasteiger partial charge in [0.15, 0.2) is 17.6 Å². The predicted molar refractivity (Wildman–Crippen MR) is 136 cm³/mol. The van der Waals surface area contributed by atoms with Gasteiger partial charge in [-0.3, -0.25) is 9.69 Å². The van der Waals surface area contributed by atoms with E-state index in [1.807, 2.05) is 78.9 Å². The van der Waals surface area contributed by atoms with Crippen molar-refractivity contribution in [1.29, 1.82) is 0 Å². The Kier molecular flexibility index (Phi) is 10.4. The molecule has 0 bridgehead atoms. The molecule has 1 N–H and O–H groups in total. The second kappa shape index (κ2) is 14.0. The van der Waals surface area contributed by atoms with Crippen LogP contribution < -0.4 is 19.5 Å². The van der Waals surface area contributed by atoms with Gasteiger partial charge in [-0.25, -0.2) is 0 Å². The van der Waals surface area contributed by atoms with E-state index in [4.69, 9.17) is 18.9 Å². The molecule has 0 aliphatic rings. The van der Waals surface area contributed by atoms with Crippen molar-refractivity contribution in [2.75, 3.05) is 41.0 Å². The maximum absolute atomic E-state index is 13.2. The zero-order chi connectivity index (χ0) is 24.9. The summed E-state index contributed by atoms with van der Waals surface area (Å²) in [5.74, 6) is 1.80. The fourth-order valence-electron chi connectivity index (χ4n) is 3.66. The van der Waals surface area contributed by atoms with E-state index < -0.39 is 6.10 Å². The molecule has 186 valence electrons. The number of nitrogens with one attached hydrogen (secondary N) is 1. The lowest BCUT2D eigenvalue weighted by molar-refractivity contribution is -0.129. The minimum Gasteiger partial charge on any atom is -0.493 e. The summed E-state index contributed by atoms with van der Waals surface area (Å²) in [5, 5.41) is 3.02. The Morgan fingerprint density at radius 3 is 2.20 bits per heavy atom. The molecule has 0 aliphatic carbocycles. The number of para-hydroxylation sites is 1. The Labute approximate surface area is 207 Å². The number of carbonyl (C=O) groups excluding carboxylic acids is 1. The molecule has 7 heteroatoms. The van der Waals surface area contributed by atoms with E-state index in [9.17, 15) is 4.79 Å². The van der Waals surface area contributed by atoms with E-state index in [-0.39, 0.29) is 5.91 Å². The first-order valence-corrected chi connectivity index (χ1v) is 11.6. The molecule has 0 unspecified atom stereocenters. The van der Waals surface area contributed by atoms with Crippen LogP contribution in [0.5, 0.6) is 17.2 Å². The van der Waals surface area contributed by atoms with Crippen molar-refractivity contribution in [1.82, 2.24) is 10.2 Å². The van der Waals surface area contributed by atoms with Crippen molar-refractivity contribution in [2.24, 2.45) is 0 Å². The van der Waals surface area contributed by atoms with Gasteiger partial charge in [0.05, 0.1) is 20.8 Å². The van der Waals surface area contributed by atoms with E-state index in [1.54, 1.807) is 21.3 Å². The summed E-state index contributed by atoms with van der Waals surface area (Å²) in [6.45, 7) is 2.56. The lowest BCUT2D eigenvalue weighted by Gasteiger charge is -2.27. The van der Waals surface area contributed by atoms with Crippen molar-refractivity contribution in [3.05, 3.63) is 90.0 Å². The Hall–Kier alpha value is -3.55. The summed E-state index contributed by atoms with van der Waals surface area (Å²) in [7, 11) is 4.90. The highest BCUT2D eigenvalue weighted by atomic mass is 16.5. The highest BCUT2D eigenvalue weighted by Gasteiger charge is 2.24. The molecule has 3 aromatic rings. The number of rotatable bonds is 14. The number of ether oxygens (including phenoxy) is 4. The van der Waals surface area contributed by atoms with Crippen molar-refractivity contribution in [3.63, 3.8) is 0 Å². The number of methoxy groups -OCH3 is 3. The van der Waals surface area contributed by atoms with Gasteiger partial charge in [0.25, 0.3) is 5.91 Å². The molecule has 0 aliphatic heterocycles. The first kappa shape index (κ1) is 26.1. The second-order valence-electron chi connectivity index (χ2n) is 8.04. The van der Waals surface area contributed by atoms with Crippen molar-refractivity contribution < 1.29 is 23.7 Å². The quantitative estimate of drug-likeness (QED) is 0.379. The highest BCUT2D eigenvalue weighted by Crippen LogP contribution is 2.28. The number of carbonyl (C=O) groups is 1. The Balaban J connectivity index is 1.76. The number of hydrogen-bond donors (Lipinski definition) is 1. The average molecular weight is 479 g/mol. The third-order valence-corrected chi connectivity index (χ3v) is 5.51. The minimum absolute atomic E-state index is 0.174. The summed E-state index contributed by atoms with van der Waals surface area (Å²) in [5.41, 5.74) is 2.06. The lowest BCUT2D eigenvalue weighted by Crippen LogP contribution is -2.46. The monoisotopic (exact) mass is 478 g/mol. The van der Waals surface area contributed by atoms with Gasteiger partial charge in [-0.1, -0.05) is 54.6 Å². The molecule has 3 aromatic carbocycles. The molecule has 0 saturated heterocycles. The molecule has 0 fully saturated rings. The van der Waals surface area contributed by atoms with Gasteiger partial charge in [0.2, 0.25) is 0 Å². The summed E-state index contributed by atoms with van der Waals surface area (Å²) in [6.07, 6.45) is -0.710. The van der Waals surface area contributed by atoms with Crippen molar-refractivity contribution >= 4 is 5.91 Å². The molecule has 3 rings (SSSR count). The first-order chi connectivity index (χ1) is 17.1. The van der Waals surface area contributed by atoms with Crippen LogP contribution in [-0.4, -0.2) is 57.9 Å². The fourth-order valence-corrected chi connectivity index (χ4v) is 3.66. The van der Waals surface area contributed by atoms with E-state index in [1.165, 1.54) is 0 Å². The molecule has 0 spiro atoms. The molecule has 0 aromatic heterocycles. The smallest absolute Gasteiger partial charge is 0.262 e. The van der Waals surface area contributed by atoms with E-state index in [2.05, 4.69) is 10.2 Å². The second-order valence-corrected chi connectivity index (χ2v) is 8.04. The van der Waals surface area contributed by atoms with Gasteiger partial charge in [-0.05, 0) is 35.4 Å². The predicted octanol–water partition coefficient (Wildman–Crippen LogP) is 3.92. The number of amides is 1. The van der Waals surface area contributed by atoms with Gasteiger partial charge in [0.1, 0.15) is 5.75 Å². The highest BCUT2D eigenvalue weighted by molar-refractivity contribution is 5.81. The molecule has 1 atom stereocenters. The molecule has 35 heavy (non-hydrogen) atoms. The topological polar surface area (TPSA) is 69.3 Å². The summed E-state index contributed by atoms with van der Waals surface area (Å²) >= 11 is 0. The third kappa shape index (κ3) is 8.31. The normalized spacial score (nSPS) is 11.7. The minimum atomic E-state index is -0.710. The number of benzene rings is 3. The SMILES string of the molecule is COCCN(Cc1ccc(OC)c(OC)c1)C[C@@H](Oc1ccccc1)C(=O)NCc1ccccc1. The van der Waals surface area contributed by atoms with Crippen LogP contribution in [0.25, 0.3) is 0 Å². The summed E-state index contributed by atoms with van der Waals surface area (Å²) in [4.78, 5) is 15.4. The van der Waals surface area contributed by atoms with Gasteiger partial charge in [0, 0.05) is 33.3 Å². The van der Waals surface area contributed by atoms with Crippen LogP contribution in [-0.2, 0) is 22.6 Å². The molecule has 7 nitrogen and oxygen atoms in total. The molecular formula is C28H34N2O5. The molecular weight excluding hydrogens is 444 g/mol. The van der Waals surface area contributed by atoms with Gasteiger partial charge in [-0.2, -0.15) is 0 Å². The zero-order valence-electron chi connectivity index (χ0n) is 20.6. The van der Waals surface area contributed by atoms with Crippen molar-refractivity contribution in [2.45, 2.75) is 19.2 Å². The molecule has 0 radical (unpaired) electrons. The Morgan fingerprint density at radius 2 is 1.54 bits per heavy atom. The Bertz CT molecular complexity index is 1030. The van der Waals surface area contributed by atoms with Gasteiger partial charge >= 0.3 is 0 Å². The first-order valence-electron chi connectivity index (χ1n) is 11.6. The van der Waals surface area contributed by atoms with E-state index in [0.29, 0.717) is 50.0 Å². The number of nitrogens with zero attached hydrogens (tertiary/aromatic N) is 1. The molecule has 1 amide bonds. The van der Waals surface area contributed by atoms with E-state index in [0.717, 1.165) is 11.1 Å². The van der Waals surface area contributed by atoms with Crippen LogP contribution in [0.2, 0.25) is 0 Å². The summed E-state index contributed by atoms with van der Waals surface area (Å²) < 4.78 is 22.3. The average Bonchev–Trinajstić information content (AvgIpc) is 2.91. The van der Waals surface area contributed by atoms with Gasteiger partial charge < -0.3 is 24.3 Å². The third-order valence-electron chi connectivity index (χ3n) is 5.51. The van der Waals surface area contributed by atoms with Crippen LogP contribution >= 0.6 is 0 Å². The van der Waals surface area contributed by atoms with Crippen LogP contribution in [0, 0.1) is 0 Å². The standard InChI is InChI=1S/C28H34N2O5/c1-32-17-16-30(20-23-14-15-25(33-2)26(18-23)34-3)21-27(35-24-12-8-5-9-13-24)28(31)29-19-22-10-6-4-7-11-22/h4-15,18,27H,16-17,19-21H2,1-3H3,(H,29,31)/t27-/m1/s1. The maximum atomic E-state index is 13.2.